The Bertz CT molecular complexity index is 1180. The van der Waals surface area contributed by atoms with Gasteiger partial charge < -0.3 is 16.0 Å². The van der Waals surface area contributed by atoms with Crippen LogP contribution in [0.5, 0.6) is 0 Å². The lowest BCUT2D eigenvalue weighted by Gasteiger charge is -2.14. The molecule has 0 saturated carbocycles. The van der Waals surface area contributed by atoms with Gasteiger partial charge in [-0.25, -0.2) is 4.68 Å². The van der Waals surface area contributed by atoms with Gasteiger partial charge in [0.15, 0.2) is 0 Å². The Morgan fingerprint density at radius 1 is 1.03 bits per heavy atom. The van der Waals surface area contributed by atoms with Gasteiger partial charge in [0.25, 0.3) is 5.56 Å². The maximum Gasteiger partial charge on any atom is 0.289 e. The third kappa shape index (κ3) is 5.68. The minimum absolute atomic E-state index is 0.0431. The highest BCUT2D eigenvalue weighted by Crippen LogP contribution is 2.26. The first-order valence-corrected chi connectivity index (χ1v) is 11.6. The van der Waals surface area contributed by atoms with Crippen molar-refractivity contribution < 1.29 is 4.79 Å². The molecular weight excluding hydrogens is 414 g/mol. The molecule has 1 aromatic heterocycles. The number of rotatable bonds is 8. The Hall–Kier alpha value is -3.45. The molecule has 0 unspecified atom stereocenters. The first-order valence-electron chi connectivity index (χ1n) is 11.6. The average Bonchev–Trinajstić information content (AvgIpc) is 3.34. The van der Waals surface area contributed by atoms with Crippen LogP contribution >= 0.6 is 0 Å². The number of nitrogen functional groups attached to an aromatic ring is 1. The fourth-order valence-corrected chi connectivity index (χ4v) is 4.24. The smallest absolute Gasteiger partial charge is 0.289 e. The number of anilines is 1. The zero-order valence-corrected chi connectivity index (χ0v) is 19.1. The molecule has 0 bridgehead atoms. The second kappa shape index (κ2) is 10.4. The summed E-state index contributed by atoms with van der Waals surface area (Å²) in [6.45, 7) is 6.21. The van der Waals surface area contributed by atoms with Gasteiger partial charge in [0.2, 0.25) is 5.91 Å². The number of aromatic nitrogens is 2. The number of nitrogens with two attached hydrogens (primary N) is 1. The van der Waals surface area contributed by atoms with Crippen molar-refractivity contribution in [3.8, 4) is 22.4 Å². The van der Waals surface area contributed by atoms with Gasteiger partial charge in [-0.1, -0.05) is 42.5 Å². The number of likely N-dealkylation sites (tertiary alicyclic amines) is 1. The molecule has 2 heterocycles. The van der Waals surface area contributed by atoms with Crippen LogP contribution in [0.4, 0.5) is 5.69 Å². The Labute approximate surface area is 194 Å². The quantitative estimate of drug-likeness (QED) is 0.556. The molecule has 172 valence electrons. The van der Waals surface area contributed by atoms with Crippen molar-refractivity contribution >= 4 is 11.6 Å². The van der Waals surface area contributed by atoms with Gasteiger partial charge in [0, 0.05) is 25.2 Å². The number of nitrogens with one attached hydrogen (secondary N) is 1. The molecule has 1 fully saturated rings. The molecule has 0 spiro atoms. The lowest BCUT2D eigenvalue weighted by Crippen LogP contribution is -2.34. The zero-order valence-electron chi connectivity index (χ0n) is 19.1. The lowest BCUT2D eigenvalue weighted by molar-refractivity contribution is -0.120. The van der Waals surface area contributed by atoms with Crippen LogP contribution in [0, 0.1) is 0 Å². The van der Waals surface area contributed by atoms with Crippen molar-refractivity contribution in [2.75, 3.05) is 31.9 Å². The fourth-order valence-electron chi connectivity index (χ4n) is 4.24. The second-order valence-electron chi connectivity index (χ2n) is 8.46. The molecule has 0 atom stereocenters. The van der Waals surface area contributed by atoms with Crippen LogP contribution in [0.2, 0.25) is 0 Å². The van der Waals surface area contributed by atoms with Crippen molar-refractivity contribution in [2.24, 2.45) is 0 Å². The van der Waals surface area contributed by atoms with E-state index in [2.05, 4.69) is 15.3 Å². The van der Waals surface area contributed by atoms with Gasteiger partial charge in [0.1, 0.15) is 5.69 Å². The van der Waals surface area contributed by atoms with Gasteiger partial charge >= 0.3 is 0 Å². The average molecular weight is 446 g/mol. The third-order valence-corrected chi connectivity index (χ3v) is 6.03. The number of amides is 1. The molecule has 0 aliphatic carbocycles. The molecule has 4 rings (SSSR count). The van der Waals surface area contributed by atoms with Crippen LogP contribution in [-0.2, 0) is 17.8 Å². The first-order chi connectivity index (χ1) is 16.0. The normalized spacial score (nSPS) is 13.8. The molecule has 7 nitrogen and oxygen atoms in total. The maximum absolute atomic E-state index is 12.4. The van der Waals surface area contributed by atoms with E-state index in [-0.39, 0.29) is 17.2 Å². The molecule has 3 aromatic rings. The molecule has 3 N–H and O–H groups in total. The Morgan fingerprint density at radius 3 is 2.48 bits per heavy atom. The summed E-state index contributed by atoms with van der Waals surface area (Å²) in [5.41, 5.74) is 10.4. The molecule has 0 radical (unpaired) electrons. The van der Waals surface area contributed by atoms with E-state index in [1.165, 1.54) is 17.5 Å². The Morgan fingerprint density at radius 2 is 1.73 bits per heavy atom. The van der Waals surface area contributed by atoms with Gasteiger partial charge in [-0.15, -0.1) is 0 Å². The number of hydrogen-bond acceptors (Lipinski definition) is 5. The second-order valence-corrected chi connectivity index (χ2v) is 8.46. The SMILES string of the molecule is CCn1nc(-c2cccc(-c3cccc(CC(=O)NCCN4CCCC4)c3)c2)cc(N)c1=O. The predicted molar refractivity (Wildman–Crippen MR) is 132 cm³/mol. The number of benzene rings is 2. The van der Waals surface area contributed by atoms with Gasteiger partial charge in [-0.3, -0.25) is 9.59 Å². The summed E-state index contributed by atoms with van der Waals surface area (Å²) >= 11 is 0. The largest absolute Gasteiger partial charge is 0.394 e. The highest BCUT2D eigenvalue weighted by atomic mass is 16.1. The number of carbonyl (C=O) groups excluding carboxylic acids is 1. The summed E-state index contributed by atoms with van der Waals surface area (Å²) in [5.74, 6) is 0.0431. The van der Waals surface area contributed by atoms with Crippen molar-refractivity contribution in [2.45, 2.75) is 32.7 Å². The third-order valence-electron chi connectivity index (χ3n) is 6.03. The van der Waals surface area contributed by atoms with Crippen LogP contribution in [0.25, 0.3) is 22.4 Å². The lowest BCUT2D eigenvalue weighted by atomic mass is 9.99. The van der Waals surface area contributed by atoms with Crippen LogP contribution < -0.4 is 16.6 Å². The number of nitrogens with zero attached hydrogens (tertiary/aromatic N) is 3. The van der Waals surface area contributed by atoms with Crippen molar-refractivity contribution in [1.29, 1.82) is 0 Å². The topological polar surface area (TPSA) is 93.2 Å². The molecule has 1 aliphatic rings. The minimum Gasteiger partial charge on any atom is -0.394 e. The highest BCUT2D eigenvalue weighted by molar-refractivity contribution is 5.79. The minimum atomic E-state index is -0.274. The molecular formula is C26H31N5O2. The van der Waals surface area contributed by atoms with E-state index >= 15 is 0 Å². The van der Waals surface area contributed by atoms with Gasteiger partial charge in [-0.2, -0.15) is 5.10 Å². The Balaban J connectivity index is 1.46. The first kappa shape index (κ1) is 22.7. The summed E-state index contributed by atoms with van der Waals surface area (Å²) in [6, 6.07) is 17.6. The summed E-state index contributed by atoms with van der Waals surface area (Å²) in [4.78, 5) is 26.9. The van der Waals surface area contributed by atoms with E-state index in [1.54, 1.807) is 6.07 Å². The standard InChI is InChI=1S/C26H31N5O2/c1-2-31-26(33)23(27)18-24(29-31)22-10-6-9-21(17-22)20-8-5-7-19(15-20)16-25(32)28-11-14-30-12-3-4-13-30/h5-10,15,17-18H,2-4,11-14,16,27H2,1H3,(H,28,32). The van der Waals surface area contributed by atoms with Crippen molar-refractivity contribution in [3.63, 3.8) is 0 Å². The van der Waals surface area contributed by atoms with E-state index in [9.17, 15) is 9.59 Å². The van der Waals surface area contributed by atoms with Crippen LogP contribution in [0.1, 0.15) is 25.3 Å². The molecule has 7 heteroatoms. The molecule has 1 saturated heterocycles. The van der Waals surface area contributed by atoms with E-state index in [1.807, 2.05) is 55.5 Å². The van der Waals surface area contributed by atoms with Crippen molar-refractivity contribution in [1.82, 2.24) is 20.0 Å². The molecule has 2 aromatic carbocycles. The van der Waals surface area contributed by atoms with E-state index in [0.717, 1.165) is 41.9 Å². The van der Waals surface area contributed by atoms with Crippen LogP contribution in [0.3, 0.4) is 0 Å². The number of aryl methyl sites for hydroxylation is 1. The number of carbonyl (C=O) groups is 1. The summed E-state index contributed by atoms with van der Waals surface area (Å²) < 4.78 is 1.38. The number of hydrogen-bond donors (Lipinski definition) is 2. The fraction of sp³-hybridized carbons (Fsp3) is 0.346. The highest BCUT2D eigenvalue weighted by Gasteiger charge is 2.12. The van der Waals surface area contributed by atoms with E-state index in [0.29, 0.717) is 25.2 Å². The van der Waals surface area contributed by atoms with Gasteiger partial charge in [0.05, 0.1) is 12.1 Å². The molecule has 1 amide bonds. The summed E-state index contributed by atoms with van der Waals surface area (Å²) in [7, 11) is 0. The van der Waals surface area contributed by atoms with Crippen LogP contribution in [0.15, 0.2) is 59.4 Å². The van der Waals surface area contributed by atoms with Crippen LogP contribution in [-0.4, -0.2) is 46.8 Å². The van der Waals surface area contributed by atoms with E-state index < -0.39 is 0 Å². The summed E-state index contributed by atoms with van der Waals surface area (Å²) in [5, 5.41) is 7.48. The molecule has 1 aliphatic heterocycles. The monoisotopic (exact) mass is 445 g/mol. The van der Waals surface area contributed by atoms with Gasteiger partial charge in [-0.05, 0) is 61.7 Å². The summed E-state index contributed by atoms with van der Waals surface area (Å²) in [6.07, 6.45) is 2.87. The van der Waals surface area contributed by atoms with Crippen molar-refractivity contribution in [3.05, 3.63) is 70.5 Å². The zero-order chi connectivity index (χ0) is 23.2. The predicted octanol–water partition coefficient (Wildman–Crippen LogP) is 2.93. The maximum atomic E-state index is 12.4. The Kier molecular flexibility index (Phi) is 7.19. The molecule has 33 heavy (non-hydrogen) atoms. The van der Waals surface area contributed by atoms with E-state index in [4.69, 9.17) is 5.73 Å².